The Bertz CT molecular complexity index is 1010. The van der Waals surface area contributed by atoms with Gasteiger partial charge in [0.15, 0.2) is 0 Å². The number of unbranched alkanes of at least 4 members (excludes halogenated alkanes) is 13. The number of carbonyl (C=O) groups excluding carboxylic acids is 4. The first-order valence-corrected chi connectivity index (χ1v) is 18.0. The first-order valence-electron chi connectivity index (χ1n) is 18.0. The lowest BCUT2D eigenvalue weighted by Gasteiger charge is -2.14. The van der Waals surface area contributed by atoms with Crippen molar-refractivity contribution in [3.63, 3.8) is 0 Å². The van der Waals surface area contributed by atoms with E-state index in [2.05, 4.69) is 4.74 Å². The summed E-state index contributed by atoms with van der Waals surface area (Å²) in [7, 11) is 1.29. The monoisotopic (exact) mass is 680 g/mol. The fourth-order valence-corrected chi connectivity index (χ4v) is 4.74. The SMILES string of the molecule is CCC(=O)OCCCCCCCCOc1ccc(OCCCCCCCCOC(=O)CCC(=O)OC)c(C(=O)OCCCCCCO)c1. The van der Waals surface area contributed by atoms with Gasteiger partial charge >= 0.3 is 23.9 Å². The second kappa shape index (κ2) is 29.8. The maximum Gasteiger partial charge on any atom is 0.342 e. The molecule has 0 saturated heterocycles. The third kappa shape index (κ3) is 23.1. The van der Waals surface area contributed by atoms with Gasteiger partial charge in [0.25, 0.3) is 0 Å². The minimum Gasteiger partial charge on any atom is -0.494 e. The van der Waals surface area contributed by atoms with Crippen molar-refractivity contribution in [3.05, 3.63) is 23.8 Å². The van der Waals surface area contributed by atoms with Crippen LogP contribution in [0, 0.1) is 0 Å². The molecule has 0 fully saturated rings. The summed E-state index contributed by atoms with van der Waals surface area (Å²) in [5.41, 5.74) is 0.354. The van der Waals surface area contributed by atoms with Crippen molar-refractivity contribution in [2.45, 2.75) is 129 Å². The summed E-state index contributed by atoms with van der Waals surface area (Å²) < 4.78 is 32.3. The van der Waals surface area contributed by atoms with E-state index in [9.17, 15) is 19.2 Å². The third-order valence-corrected chi connectivity index (χ3v) is 7.64. The largest absolute Gasteiger partial charge is 0.494 e. The molecular weight excluding hydrogens is 620 g/mol. The van der Waals surface area contributed by atoms with E-state index in [4.69, 9.17) is 28.8 Å². The number of ether oxygens (including phenoxy) is 6. The van der Waals surface area contributed by atoms with Gasteiger partial charge in [0, 0.05) is 13.0 Å². The van der Waals surface area contributed by atoms with Gasteiger partial charge < -0.3 is 33.5 Å². The predicted octanol–water partition coefficient (Wildman–Crippen LogP) is 7.28. The van der Waals surface area contributed by atoms with Crippen LogP contribution in [0.4, 0.5) is 0 Å². The van der Waals surface area contributed by atoms with E-state index in [1.165, 1.54) is 7.11 Å². The molecule has 0 unspecified atom stereocenters. The number of esters is 4. The number of aliphatic hydroxyl groups excluding tert-OH is 1. The summed E-state index contributed by atoms with van der Waals surface area (Å²) in [6.07, 6.45) is 15.3. The standard InChI is InChI=1S/C37H60O11/c1-3-34(39)46-27-17-11-6-4-9-15-25-44-31-20-21-33(32(30-31)37(42)48-29-19-13-8-14-24-38)45-26-16-10-5-7-12-18-28-47-36(41)23-22-35(40)43-2/h20-21,30,38H,3-19,22-29H2,1-2H3. The Hall–Kier alpha value is -3.34. The van der Waals surface area contributed by atoms with Crippen LogP contribution in [-0.2, 0) is 33.3 Å². The van der Waals surface area contributed by atoms with Crippen LogP contribution in [-0.4, -0.2) is 75.7 Å². The molecule has 1 rings (SSSR count). The maximum absolute atomic E-state index is 13.0. The molecule has 0 amide bonds. The quantitative estimate of drug-likeness (QED) is 0.0480. The molecule has 0 saturated carbocycles. The summed E-state index contributed by atoms with van der Waals surface area (Å²) in [4.78, 5) is 46.9. The zero-order chi connectivity index (χ0) is 35.1. The van der Waals surface area contributed by atoms with E-state index in [0.29, 0.717) is 56.5 Å². The first-order chi connectivity index (χ1) is 23.4. The Balaban J connectivity index is 2.39. The van der Waals surface area contributed by atoms with Crippen LogP contribution < -0.4 is 9.47 Å². The molecule has 0 bridgehead atoms. The molecule has 1 aromatic carbocycles. The molecule has 1 N–H and O–H groups in total. The van der Waals surface area contributed by atoms with Gasteiger partial charge in [0.05, 0.1) is 53.0 Å². The second-order valence-electron chi connectivity index (χ2n) is 11.7. The fraction of sp³-hybridized carbons (Fsp3) is 0.730. The van der Waals surface area contributed by atoms with E-state index in [-0.39, 0.29) is 31.4 Å². The second-order valence-corrected chi connectivity index (χ2v) is 11.7. The van der Waals surface area contributed by atoms with Crippen molar-refractivity contribution < 1.29 is 52.7 Å². The Labute approximate surface area is 287 Å². The van der Waals surface area contributed by atoms with Crippen LogP contribution in [0.25, 0.3) is 0 Å². The molecule has 0 spiro atoms. The lowest BCUT2D eigenvalue weighted by Crippen LogP contribution is -2.10. The molecule has 11 nitrogen and oxygen atoms in total. The Morgan fingerprint density at radius 2 is 1.04 bits per heavy atom. The molecule has 0 aliphatic heterocycles. The molecule has 11 heteroatoms. The Kier molecular flexibility index (Phi) is 26.5. The maximum atomic E-state index is 13.0. The normalized spacial score (nSPS) is 10.7. The number of benzene rings is 1. The average Bonchev–Trinajstić information content (AvgIpc) is 3.10. The molecule has 0 aliphatic rings. The summed E-state index contributed by atoms with van der Waals surface area (Å²) >= 11 is 0. The van der Waals surface area contributed by atoms with Crippen molar-refractivity contribution in [2.24, 2.45) is 0 Å². The van der Waals surface area contributed by atoms with Crippen molar-refractivity contribution >= 4 is 23.9 Å². The summed E-state index contributed by atoms with van der Waals surface area (Å²) in [6.45, 7) is 4.14. The van der Waals surface area contributed by atoms with E-state index in [1.807, 2.05) is 6.07 Å². The molecule has 0 heterocycles. The lowest BCUT2D eigenvalue weighted by atomic mass is 10.1. The number of rotatable bonds is 31. The van der Waals surface area contributed by atoms with E-state index in [1.54, 1.807) is 19.1 Å². The van der Waals surface area contributed by atoms with Crippen molar-refractivity contribution in [1.82, 2.24) is 0 Å². The highest BCUT2D eigenvalue weighted by Gasteiger charge is 2.16. The van der Waals surface area contributed by atoms with Gasteiger partial charge in [0.1, 0.15) is 17.1 Å². The summed E-state index contributed by atoms with van der Waals surface area (Å²) in [6, 6.07) is 5.29. The van der Waals surface area contributed by atoms with E-state index in [0.717, 1.165) is 103 Å². The minimum atomic E-state index is -0.437. The van der Waals surface area contributed by atoms with Crippen LogP contribution in [0.1, 0.15) is 139 Å². The van der Waals surface area contributed by atoms with Gasteiger partial charge in [-0.2, -0.15) is 0 Å². The Morgan fingerprint density at radius 3 is 1.60 bits per heavy atom. The summed E-state index contributed by atoms with van der Waals surface area (Å²) in [5, 5.41) is 8.95. The zero-order valence-corrected chi connectivity index (χ0v) is 29.4. The van der Waals surface area contributed by atoms with Gasteiger partial charge in [-0.3, -0.25) is 14.4 Å². The van der Waals surface area contributed by atoms with Gasteiger partial charge in [0.2, 0.25) is 0 Å². The highest BCUT2D eigenvalue weighted by atomic mass is 16.5. The molecule has 274 valence electrons. The third-order valence-electron chi connectivity index (χ3n) is 7.64. The highest BCUT2D eigenvalue weighted by Crippen LogP contribution is 2.26. The van der Waals surface area contributed by atoms with E-state index < -0.39 is 11.9 Å². The van der Waals surface area contributed by atoms with Crippen molar-refractivity contribution in [2.75, 3.05) is 46.8 Å². The highest BCUT2D eigenvalue weighted by molar-refractivity contribution is 5.93. The van der Waals surface area contributed by atoms with Crippen LogP contribution in [0.2, 0.25) is 0 Å². The smallest absolute Gasteiger partial charge is 0.342 e. The summed E-state index contributed by atoms with van der Waals surface area (Å²) in [5.74, 6) is -0.309. The molecule has 1 aromatic rings. The first kappa shape index (κ1) is 42.7. The van der Waals surface area contributed by atoms with Gasteiger partial charge in [-0.1, -0.05) is 64.7 Å². The lowest BCUT2D eigenvalue weighted by molar-refractivity contribution is -0.149. The molecule has 0 radical (unpaired) electrons. The van der Waals surface area contributed by atoms with Crippen LogP contribution in [0.5, 0.6) is 11.5 Å². The molecular formula is C37H60O11. The van der Waals surface area contributed by atoms with Gasteiger partial charge in [-0.05, 0) is 63.1 Å². The van der Waals surface area contributed by atoms with E-state index >= 15 is 0 Å². The molecule has 0 aliphatic carbocycles. The predicted molar refractivity (Wildman–Crippen MR) is 182 cm³/mol. The van der Waals surface area contributed by atoms with Crippen LogP contribution in [0.15, 0.2) is 18.2 Å². The van der Waals surface area contributed by atoms with Crippen LogP contribution in [0.3, 0.4) is 0 Å². The number of aliphatic hydroxyl groups is 1. The minimum absolute atomic E-state index is 0.0357. The number of hydrogen-bond donors (Lipinski definition) is 1. The number of hydrogen-bond acceptors (Lipinski definition) is 11. The molecule has 48 heavy (non-hydrogen) atoms. The van der Waals surface area contributed by atoms with Gasteiger partial charge in [-0.15, -0.1) is 0 Å². The van der Waals surface area contributed by atoms with Crippen molar-refractivity contribution in [3.8, 4) is 11.5 Å². The van der Waals surface area contributed by atoms with Crippen molar-refractivity contribution in [1.29, 1.82) is 0 Å². The Morgan fingerprint density at radius 1 is 0.562 bits per heavy atom. The average molecular weight is 681 g/mol. The number of methoxy groups -OCH3 is 1. The zero-order valence-electron chi connectivity index (χ0n) is 29.4. The number of carbonyl (C=O) groups is 4. The molecule has 0 aromatic heterocycles. The fourth-order valence-electron chi connectivity index (χ4n) is 4.74. The van der Waals surface area contributed by atoms with Gasteiger partial charge in [-0.25, -0.2) is 4.79 Å². The topological polar surface area (TPSA) is 144 Å². The van der Waals surface area contributed by atoms with Crippen LogP contribution >= 0.6 is 0 Å². The molecule has 0 atom stereocenters.